The molecule has 0 spiro atoms. The third kappa shape index (κ3) is 5.59. The van der Waals surface area contributed by atoms with Crippen LogP contribution < -0.4 is 10.6 Å². The number of carbonyl (C=O) groups is 1. The van der Waals surface area contributed by atoms with Gasteiger partial charge < -0.3 is 15.5 Å². The van der Waals surface area contributed by atoms with Crippen LogP contribution in [0.2, 0.25) is 0 Å². The molecule has 0 aromatic heterocycles. The van der Waals surface area contributed by atoms with Crippen LogP contribution in [0.25, 0.3) is 0 Å². The first-order valence-electron chi connectivity index (χ1n) is 10.0. The fourth-order valence-electron chi connectivity index (χ4n) is 3.46. The molecule has 0 unspecified atom stereocenters. The van der Waals surface area contributed by atoms with Gasteiger partial charge in [-0.2, -0.15) is 0 Å². The number of amides is 1. The highest BCUT2D eigenvalue weighted by Gasteiger charge is 2.17. The van der Waals surface area contributed by atoms with E-state index in [9.17, 15) is 4.79 Å². The molecule has 0 atom stereocenters. The number of nitrogens with zero attached hydrogens (tertiary/aromatic N) is 2. The Morgan fingerprint density at radius 1 is 0.964 bits per heavy atom. The Morgan fingerprint density at radius 2 is 1.64 bits per heavy atom. The lowest BCUT2D eigenvalue weighted by Crippen LogP contribution is -2.36. The molecule has 1 heterocycles. The molecule has 2 aromatic rings. The minimum absolute atomic E-state index is 0.148. The van der Waals surface area contributed by atoms with Gasteiger partial charge in [-0.15, -0.1) is 0 Å². The zero-order chi connectivity index (χ0) is 19.8. The number of hydrogen-bond acceptors (Lipinski definition) is 2. The van der Waals surface area contributed by atoms with Crippen LogP contribution in [0.4, 0.5) is 0 Å². The predicted octanol–water partition coefficient (Wildman–Crippen LogP) is 3.49. The molecular weight excluding hydrogens is 348 g/mol. The number of rotatable bonds is 5. The monoisotopic (exact) mass is 378 g/mol. The third-order valence-electron chi connectivity index (χ3n) is 5.07. The first-order valence-corrected chi connectivity index (χ1v) is 10.0. The number of benzene rings is 2. The second-order valence-corrected chi connectivity index (χ2v) is 7.32. The first-order chi connectivity index (χ1) is 13.7. The van der Waals surface area contributed by atoms with Crippen molar-refractivity contribution in [3.05, 3.63) is 70.8 Å². The van der Waals surface area contributed by atoms with Crippen molar-refractivity contribution in [2.75, 3.05) is 20.1 Å². The molecule has 1 amide bonds. The van der Waals surface area contributed by atoms with Crippen LogP contribution in [-0.4, -0.2) is 36.9 Å². The zero-order valence-electron chi connectivity index (χ0n) is 16.9. The maximum atomic E-state index is 12.5. The number of hydrogen-bond donors (Lipinski definition) is 2. The van der Waals surface area contributed by atoms with Crippen LogP contribution in [0, 0.1) is 6.92 Å². The van der Waals surface area contributed by atoms with Gasteiger partial charge in [-0.1, -0.05) is 42.0 Å². The maximum Gasteiger partial charge on any atom is 0.253 e. The van der Waals surface area contributed by atoms with Crippen LogP contribution in [0.1, 0.15) is 46.3 Å². The fraction of sp³-hybridized carbons (Fsp3) is 0.391. The van der Waals surface area contributed by atoms with Gasteiger partial charge in [0.25, 0.3) is 5.91 Å². The van der Waals surface area contributed by atoms with Crippen molar-refractivity contribution < 1.29 is 4.79 Å². The molecule has 0 bridgehead atoms. The SMILES string of the molecule is CN=C(NCc1ccc(C(=O)N2CCCCC2)cc1)NCc1cccc(C)c1. The van der Waals surface area contributed by atoms with Crippen molar-refractivity contribution in [2.45, 2.75) is 39.3 Å². The Hall–Kier alpha value is -2.82. The predicted molar refractivity (Wildman–Crippen MR) is 114 cm³/mol. The molecule has 2 aromatic carbocycles. The van der Waals surface area contributed by atoms with Crippen molar-refractivity contribution in [3.63, 3.8) is 0 Å². The van der Waals surface area contributed by atoms with E-state index in [1.807, 2.05) is 29.2 Å². The molecule has 0 aliphatic carbocycles. The van der Waals surface area contributed by atoms with Crippen LogP contribution in [0.5, 0.6) is 0 Å². The molecule has 0 saturated carbocycles. The summed E-state index contributed by atoms with van der Waals surface area (Å²) in [5.41, 5.74) is 4.37. The summed E-state index contributed by atoms with van der Waals surface area (Å²) >= 11 is 0. The van der Waals surface area contributed by atoms with Crippen LogP contribution in [-0.2, 0) is 13.1 Å². The molecule has 2 N–H and O–H groups in total. The van der Waals surface area contributed by atoms with E-state index in [0.29, 0.717) is 6.54 Å². The lowest BCUT2D eigenvalue weighted by Gasteiger charge is -2.26. The van der Waals surface area contributed by atoms with Crippen LogP contribution in [0.15, 0.2) is 53.5 Å². The maximum absolute atomic E-state index is 12.5. The second kappa shape index (κ2) is 9.93. The molecule has 1 aliphatic heterocycles. The molecule has 0 radical (unpaired) electrons. The van der Waals surface area contributed by atoms with Crippen LogP contribution in [0.3, 0.4) is 0 Å². The van der Waals surface area contributed by atoms with E-state index in [-0.39, 0.29) is 5.91 Å². The molecule has 1 fully saturated rings. The Labute approximate surface area is 167 Å². The van der Waals surface area contributed by atoms with Gasteiger partial charge in [-0.05, 0) is 49.4 Å². The van der Waals surface area contributed by atoms with E-state index in [1.54, 1.807) is 7.05 Å². The summed E-state index contributed by atoms with van der Waals surface area (Å²) in [7, 11) is 1.77. The Kier molecular flexibility index (Phi) is 7.06. The number of carbonyl (C=O) groups excluding carboxylic acids is 1. The highest BCUT2D eigenvalue weighted by atomic mass is 16.2. The molecule has 5 heteroatoms. The van der Waals surface area contributed by atoms with E-state index in [0.717, 1.165) is 49.6 Å². The molecule has 5 nitrogen and oxygen atoms in total. The smallest absolute Gasteiger partial charge is 0.253 e. The van der Waals surface area contributed by atoms with E-state index in [4.69, 9.17) is 0 Å². The summed E-state index contributed by atoms with van der Waals surface area (Å²) in [5, 5.41) is 6.66. The lowest BCUT2D eigenvalue weighted by molar-refractivity contribution is 0.0724. The largest absolute Gasteiger partial charge is 0.352 e. The number of aryl methyl sites for hydroxylation is 1. The van der Waals surface area contributed by atoms with Gasteiger partial charge in [0.1, 0.15) is 0 Å². The second-order valence-electron chi connectivity index (χ2n) is 7.32. The minimum Gasteiger partial charge on any atom is -0.352 e. The highest BCUT2D eigenvalue weighted by Crippen LogP contribution is 2.14. The van der Waals surface area contributed by atoms with Gasteiger partial charge in [0.15, 0.2) is 5.96 Å². The molecule has 1 saturated heterocycles. The average molecular weight is 379 g/mol. The number of aliphatic imine (C=N–C) groups is 1. The summed E-state index contributed by atoms with van der Waals surface area (Å²) in [6.45, 7) is 5.24. The molecule has 148 valence electrons. The topological polar surface area (TPSA) is 56.7 Å². The summed E-state index contributed by atoms with van der Waals surface area (Å²) in [6.07, 6.45) is 3.46. The van der Waals surface area contributed by atoms with E-state index in [1.165, 1.54) is 17.5 Å². The Morgan fingerprint density at radius 3 is 2.29 bits per heavy atom. The first kappa shape index (κ1) is 19.9. The van der Waals surface area contributed by atoms with Crippen molar-refractivity contribution in [1.82, 2.24) is 15.5 Å². The van der Waals surface area contributed by atoms with Gasteiger partial charge in [0.05, 0.1) is 0 Å². The summed E-state index contributed by atoms with van der Waals surface area (Å²) in [5.74, 6) is 0.907. The number of guanidine groups is 1. The Bertz CT molecular complexity index is 808. The summed E-state index contributed by atoms with van der Waals surface area (Å²) < 4.78 is 0. The Balaban J connectivity index is 1.49. The van der Waals surface area contributed by atoms with Gasteiger partial charge in [-0.25, -0.2) is 0 Å². The van der Waals surface area contributed by atoms with Crippen LogP contribution >= 0.6 is 0 Å². The quantitative estimate of drug-likeness (QED) is 0.619. The van der Waals surface area contributed by atoms with Gasteiger partial charge in [0.2, 0.25) is 0 Å². The normalized spacial score (nSPS) is 14.6. The summed E-state index contributed by atoms with van der Waals surface area (Å²) in [6, 6.07) is 16.3. The van der Waals surface area contributed by atoms with Crippen molar-refractivity contribution in [2.24, 2.45) is 4.99 Å². The molecule has 28 heavy (non-hydrogen) atoms. The van der Waals surface area contributed by atoms with Gasteiger partial charge >= 0.3 is 0 Å². The van der Waals surface area contributed by atoms with Crippen molar-refractivity contribution in [1.29, 1.82) is 0 Å². The van der Waals surface area contributed by atoms with Crippen molar-refractivity contribution in [3.8, 4) is 0 Å². The van der Waals surface area contributed by atoms with E-state index < -0.39 is 0 Å². The van der Waals surface area contributed by atoms with E-state index in [2.05, 4.69) is 46.8 Å². The summed E-state index contributed by atoms with van der Waals surface area (Å²) in [4.78, 5) is 18.8. The average Bonchev–Trinajstić information content (AvgIpc) is 2.74. The standard InChI is InChI=1S/C23H30N4O/c1-18-7-6-8-20(15-18)17-26-23(24-2)25-16-19-9-11-21(12-10-19)22(28)27-13-4-3-5-14-27/h6-12,15H,3-5,13-14,16-17H2,1-2H3,(H2,24,25,26). The lowest BCUT2D eigenvalue weighted by atomic mass is 10.1. The molecule has 1 aliphatic rings. The number of piperidine rings is 1. The third-order valence-corrected chi connectivity index (χ3v) is 5.07. The van der Waals surface area contributed by atoms with Gasteiger partial charge in [0, 0.05) is 38.8 Å². The highest BCUT2D eigenvalue weighted by molar-refractivity contribution is 5.94. The number of nitrogens with one attached hydrogen (secondary N) is 2. The molecule has 3 rings (SSSR count). The van der Waals surface area contributed by atoms with Crippen molar-refractivity contribution >= 4 is 11.9 Å². The minimum atomic E-state index is 0.148. The van der Waals surface area contributed by atoms with Gasteiger partial charge in [-0.3, -0.25) is 9.79 Å². The molecular formula is C23H30N4O. The fourth-order valence-corrected chi connectivity index (χ4v) is 3.46. The zero-order valence-corrected chi connectivity index (χ0v) is 16.9. The number of likely N-dealkylation sites (tertiary alicyclic amines) is 1. The van der Waals surface area contributed by atoms with E-state index >= 15 is 0 Å².